The topological polar surface area (TPSA) is 67.4 Å². The molecule has 8 heteroatoms. The molecular formula is C17H15Cl2FN2O3. The Morgan fingerprint density at radius 1 is 1.12 bits per heavy atom. The van der Waals surface area contributed by atoms with Gasteiger partial charge in [-0.3, -0.25) is 20.4 Å². The molecule has 2 amide bonds. The van der Waals surface area contributed by atoms with Crippen LogP contribution in [0.15, 0.2) is 42.5 Å². The number of rotatable bonds is 5. The predicted octanol–water partition coefficient (Wildman–Crippen LogP) is 3.29. The average molecular weight is 385 g/mol. The van der Waals surface area contributed by atoms with E-state index in [0.717, 1.165) is 0 Å². The second kappa shape index (κ2) is 8.69. The van der Waals surface area contributed by atoms with Crippen molar-refractivity contribution in [1.82, 2.24) is 10.9 Å². The Hall–Kier alpha value is -2.31. The van der Waals surface area contributed by atoms with Crippen LogP contribution >= 0.6 is 23.2 Å². The molecule has 0 radical (unpaired) electrons. The lowest BCUT2D eigenvalue weighted by Crippen LogP contribution is -2.47. The van der Waals surface area contributed by atoms with Crippen LogP contribution in [-0.4, -0.2) is 17.9 Å². The summed E-state index contributed by atoms with van der Waals surface area (Å²) in [5, 5.41) is 0.830. The first-order chi connectivity index (χ1) is 11.8. The molecule has 2 aromatic carbocycles. The fourth-order valence-electron chi connectivity index (χ4n) is 1.89. The molecule has 0 bridgehead atoms. The van der Waals surface area contributed by atoms with Gasteiger partial charge in [-0.05, 0) is 48.9 Å². The Balaban J connectivity index is 1.82. The van der Waals surface area contributed by atoms with Gasteiger partial charge in [0, 0.05) is 10.0 Å². The zero-order chi connectivity index (χ0) is 18.4. The summed E-state index contributed by atoms with van der Waals surface area (Å²) in [7, 11) is 0. The van der Waals surface area contributed by atoms with Crippen molar-refractivity contribution in [2.75, 3.05) is 0 Å². The molecule has 2 rings (SSSR count). The fraction of sp³-hybridized carbons (Fsp3) is 0.176. The van der Waals surface area contributed by atoms with Crippen LogP contribution in [0.3, 0.4) is 0 Å². The molecule has 0 fully saturated rings. The molecule has 132 valence electrons. The van der Waals surface area contributed by atoms with E-state index in [4.69, 9.17) is 27.9 Å². The number of amides is 2. The number of nitrogens with one attached hydrogen (secondary N) is 2. The van der Waals surface area contributed by atoms with Crippen LogP contribution in [0.5, 0.6) is 5.75 Å². The summed E-state index contributed by atoms with van der Waals surface area (Å²) in [5.74, 6) is -1.08. The van der Waals surface area contributed by atoms with E-state index >= 15 is 0 Å². The van der Waals surface area contributed by atoms with E-state index in [1.54, 1.807) is 12.1 Å². The number of ether oxygens (including phenoxy) is 1. The summed E-state index contributed by atoms with van der Waals surface area (Å²) < 4.78 is 18.2. The van der Waals surface area contributed by atoms with Gasteiger partial charge >= 0.3 is 0 Å². The van der Waals surface area contributed by atoms with E-state index in [1.807, 2.05) is 0 Å². The van der Waals surface area contributed by atoms with Crippen molar-refractivity contribution < 1.29 is 18.7 Å². The zero-order valence-electron chi connectivity index (χ0n) is 13.2. The third-order valence-electron chi connectivity index (χ3n) is 3.19. The van der Waals surface area contributed by atoms with Crippen LogP contribution in [0.2, 0.25) is 10.0 Å². The first-order valence-electron chi connectivity index (χ1n) is 7.30. The first kappa shape index (κ1) is 19.0. The molecule has 0 aliphatic carbocycles. The van der Waals surface area contributed by atoms with Gasteiger partial charge in [-0.1, -0.05) is 29.3 Å². The van der Waals surface area contributed by atoms with Crippen LogP contribution in [-0.2, 0) is 16.0 Å². The second-order valence-corrected chi connectivity index (χ2v) is 6.01. The SMILES string of the molecule is CC(Oc1ccc(F)cc1)C(=O)NNC(=O)Cc1ccc(Cl)cc1Cl. The number of carbonyl (C=O) groups excluding carboxylic acids is 2. The molecule has 0 aliphatic rings. The van der Waals surface area contributed by atoms with E-state index in [1.165, 1.54) is 37.3 Å². The Kier molecular flexibility index (Phi) is 6.61. The summed E-state index contributed by atoms with van der Waals surface area (Å²) in [6, 6.07) is 10.0. The lowest BCUT2D eigenvalue weighted by Gasteiger charge is -2.15. The molecule has 25 heavy (non-hydrogen) atoms. The summed E-state index contributed by atoms with van der Waals surface area (Å²) in [6.07, 6.45) is -0.909. The normalized spacial score (nSPS) is 11.5. The molecule has 2 N–H and O–H groups in total. The molecule has 2 aromatic rings. The summed E-state index contributed by atoms with van der Waals surface area (Å²) >= 11 is 11.8. The van der Waals surface area contributed by atoms with Crippen LogP contribution in [0.1, 0.15) is 12.5 Å². The molecule has 0 aliphatic heterocycles. The van der Waals surface area contributed by atoms with Gasteiger partial charge < -0.3 is 4.74 Å². The number of hydrogen-bond donors (Lipinski definition) is 2. The lowest BCUT2D eigenvalue weighted by molar-refractivity contribution is -0.132. The highest BCUT2D eigenvalue weighted by Gasteiger charge is 2.16. The van der Waals surface area contributed by atoms with Crippen LogP contribution in [0.25, 0.3) is 0 Å². The first-order valence-corrected chi connectivity index (χ1v) is 8.05. The minimum absolute atomic E-state index is 0.0243. The molecule has 1 unspecified atom stereocenters. The van der Waals surface area contributed by atoms with Crippen LogP contribution < -0.4 is 15.6 Å². The molecule has 5 nitrogen and oxygen atoms in total. The highest BCUT2D eigenvalue weighted by molar-refractivity contribution is 6.35. The van der Waals surface area contributed by atoms with Gasteiger partial charge in [-0.15, -0.1) is 0 Å². The highest BCUT2D eigenvalue weighted by Crippen LogP contribution is 2.21. The minimum Gasteiger partial charge on any atom is -0.481 e. The molecule has 1 atom stereocenters. The van der Waals surface area contributed by atoms with Crippen molar-refractivity contribution in [1.29, 1.82) is 0 Å². The van der Waals surface area contributed by atoms with Gasteiger partial charge in [0.15, 0.2) is 6.10 Å². The molecule has 0 saturated heterocycles. The lowest BCUT2D eigenvalue weighted by atomic mass is 10.1. The average Bonchev–Trinajstić information content (AvgIpc) is 2.57. The van der Waals surface area contributed by atoms with Crippen LogP contribution in [0.4, 0.5) is 4.39 Å². The number of hydrazine groups is 1. The van der Waals surface area contributed by atoms with Gasteiger partial charge in [-0.25, -0.2) is 4.39 Å². The van der Waals surface area contributed by atoms with E-state index in [2.05, 4.69) is 10.9 Å². The Morgan fingerprint density at radius 2 is 1.80 bits per heavy atom. The van der Waals surface area contributed by atoms with Crippen molar-refractivity contribution in [2.45, 2.75) is 19.4 Å². The second-order valence-electron chi connectivity index (χ2n) is 5.16. The van der Waals surface area contributed by atoms with Crippen LogP contribution in [0, 0.1) is 5.82 Å². The molecule has 0 spiro atoms. The molecule has 0 aromatic heterocycles. The van der Waals surface area contributed by atoms with Crippen molar-refractivity contribution >= 4 is 35.0 Å². The van der Waals surface area contributed by atoms with Gasteiger partial charge in [0.05, 0.1) is 6.42 Å². The van der Waals surface area contributed by atoms with E-state index < -0.39 is 23.7 Å². The monoisotopic (exact) mass is 384 g/mol. The number of hydrogen-bond acceptors (Lipinski definition) is 3. The van der Waals surface area contributed by atoms with Gasteiger partial charge in [0.2, 0.25) is 5.91 Å². The maximum Gasteiger partial charge on any atom is 0.279 e. The Morgan fingerprint density at radius 3 is 2.44 bits per heavy atom. The Labute approximate surface area is 154 Å². The number of benzene rings is 2. The largest absolute Gasteiger partial charge is 0.481 e. The highest BCUT2D eigenvalue weighted by atomic mass is 35.5. The quantitative estimate of drug-likeness (QED) is 0.777. The third-order valence-corrected chi connectivity index (χ3v) is 3.77. The van der Waals surface area contributed by atoms with E-state index in [0.29, 0.717) is 21.4 Å². The summed E-state index contributed by atoms with van der Waals surface area (Å²) in [5.41, 5.74) is 5.11. The number of carbonyl (C=O) groups is 2. The van der Waals surface area contributed by atoms with Crippen molar-refractivity contribution in [3.8, 4) is 5.75 Å². The predicted molar refractivity (Wildman–Crippen MR) is 92.9 cm³/mol. The van der Waals surface area contributed by atoms with Gasteiger partial charge in [0.25, 0.3) is 5.91 Å². The number of halogens is 3. The fourth-order valence-corrected chi connectivity index (χ4v) is 2.36. The maximum atomic E-state index is 12.8. The minimum atomic E-state index is -0.884. The molecule has 0 saturated carbocycles. The summed E-state index contributed by atoms with van der Waals surface area (Å²) in [4.78, 5) is 23.8. The van der Waals surface area contributed by atoms with Gasteiger partial charge in [-0.2, -0.15) is 0 Å². The van der Waals surface area contributed by atoms with E-state index in [9.17, 15) is 14.0 Å². The molecular weight excluding hydrogens is 370 g/mol. The van der Waals surface area contributed by atoms with Gasteiger partial charge in [0.1, 0.15) is 11.6 Å². The standard InChI is InChI=1S/C17H15Cl2FN2O3/c1-10(25-14-6-4-13(20)5-7-14)17(24)22-21-16(23)8-11-2-3-12(18)9-15(11)19/h2-7,9-10H,8H2,1H3,(H,21,23)(H,22,24). The van der Waals surface area contributed by atoms with Crippen molar-refractivity contribution in [2.24, 2.45) is 0 Å². The smallest absolute Gasteiger partial charge is 0.279 e. The van der Waals surface area contributed by atoms with Crippen molar-refractivity contribution in [3.05, 3.63) is 63.9 Å². The third kappa shape index (κ3) is 5.92. The Bertz CT molecular complexity index is 769. The van der Waals surface area contributed by atoms with E-state index in [-0.39, 0.29) is 6.42 Å². The molecule has 0 heterocycles. The summed E-state index contributed by atoms with van der Waals surface area (Å²) in [6.45, 7) is 1.50. The zero-order valence-corrected chi connectivity index (χ0v) is 14.7. The maximum absolute atomic E-state index is 12.8. The van der Waals surface area contributed by atoms with Crippen molar-refractivity contribution in [3.63, 3.8) is 0 Å².